The lowest BCUT2D eigenvalue weighted by Gasteiger charge is -2.04. The normalized spacial score (nSPS) is 10.2. The second kappa shape index (κ2) is 7.01. The molecule has 1 aromatic heterocycles. The molecule has 0 saturated heterocycles. The molecule has 0 aliphatic rings. The monoisotopic (exact) mass is 349 g/mol. The number of carbonyl (C=O) groups is 1. The van der Waals surface area contributed by atoms with Crippen LogP contribution in [0.2, 0.25) is 0 Å². The van der Waals surface area contributed by atoms with Gasteiger partial charge in [-0.2, -0.15) is 0 Å². The first-order valence-electron chi connectivity index (χ1n) is 5.02. The molecule has 0 fully saturated rings. The Balaban J connectivity index is 2.55. The Morgan fingerprint density at radius 1 is 1.56 bits per heavy atom. The Kier molecular flexibility index (Phi) is 5.98. The van der Waals surface area contributed by atoms with Gasteiger partial charge in [0.15, 0.2) is 0 Å². The molecule has 0 aromatic carbocycles. The largest absolute Gasteiger partial charge is 0.466 e. The number of aryl methyl sites for hydroxylation is 1. The maximum Gasteiger partial charge on any atom is 0.306 e. The summed E-state index contributed by atoms with van der Waals surface area (Å²) < 4.78 is 5.82. The van der Waals surface area contributed by atoms with Gasteiger partial charge in [0.2, 0.25) is 0 Å². The SMILES string of the molecule is CCOC(=O)CCc1cnc(CBr)c(Br)c1. The fourth-order valence-corrected chi connectivity index (χ4v) is 2.58. The third kappa shape index (κ3) is 4.22. The quantitative estimate of drug-likeness (QED) is 0.604. The first-order chi connectivity index (χ1) is 7.67. The predicted octanol–water partition coefficient (Wildman–Crippen LogP) is 3.23. The number of hydrogen-bond donors (Lipinski definition) is 0. The molecule has 0 spiro atoms. The van der Waals surface area contributed by atoms with Crippen LogP contribution in [0.4, 0.5) is 0 Å². The van der Waals surface area contributed by atoms with Gasteiger partial charge >= 0.3 is 5.97 Å². The van der Waals surface area contributed by atoms with E-state index in [-0.39, 0.29) is 5.97 Å². The van der Waals surface area contributed by atoms with Gasteiger partial charge in [-0.05, 0) is 40.9 Å². The first kappa shape index (κ1) is 13.6. The molecule has 0 amide bonds. The maximum atomic E-state index is 11.2. The highest BCUT2D eigenvalue weighted by atomic mass is 79.9. The van der Waals surface area contributed by atoms with Gasteiger partial charge in [-0.15, -0.1) is 0 Å². The molecule has 5 heteroatoms. The van der Waals surface area contributed by atoms with Crippen molar-refractivity contribution in [3.05, 3.63) is 28.0 Å². The molecule has 0 bridgehead atoms. The Hall–Kier alpha value is -0.420. The number of esters is 1. The van der Waals surface area contributed by atoms with E-state index in [9.17, 15) is 4.79 Å². The Morgan fingerprint density at radius 3 is 2.88 bits per heavy atom. The molecule has 0 atom stereocenters. The van der Waals surface area contributed by atoms with Gasteiger partial charge in [0.05, 0.1) is 12.3 Å². The van der Waals surface area contributed by atoms with Crippen molar-refractivity contribution in [3.63, 3.8) is 0 Å². The summed E-state index contributed by atoms with van der Waals surface area (Å²) in [6.07, 6.45) is 2.85. The summed E-state index contributed by atoms with van der Waals surface area (Å²) in [5, 5.41) is 0.714. The molecule has 1 aromatic rings. The van der Waals surface area contributed by atoms with Crippen LogP contribution in [0, 0.1) is 0 Å². The number of hydrogen-bond acceptors (Lipinski definition) is 3. The molecule has 3 nitrogen and oxygen atoms in total. The number of alkyl halides is 1. The predicted molar refractivity (Wildman–Crippen MR) is 69.5 cm³/mol. The third-order valence-corrected chi connectivity index (χ3v) is 3.24. The summed E-state index contributed by atoms with van der Waals surface area (Å²) in [6.45, 7) is 2.24. The van der Waals surface area contributed by atoms with Crippen LogP contribution in [0.15, 0.2) is 16.7 Å². The molecule has 0 saturated carbocycles. The van der Waals surface area contributed by atoms with Crippen molar-refractivity contribution in [3.8, 4) is 0 Å². The molecule has 0 aliphatic carbocycles. The number of nitrogens with zero attached hydrogens (tertiary/aromatic N) is 1. The van der Waals surface area contributed by atoms with Gasteiger partial charge in [0, 0.05) is 22.4 Å². The van der Waals surface area contributed by atoms with Crippen molar-refractivity contribution >= 4 is 37.8 Å². The summed E-state index contributed by atoms with van der Waals surface area (Å²) in [4.78, 5) is 15.4. The van der Waals surface area contributed by atoms with E-state index in [0.717, 1.165) is 15.7 Å². The molecule has 16 heavy (non-hydrogen) atoms. The molecular weight excluding hydrogens is 338 g/mol. The lowest BCUT2D eigenvalue weighted by atomic mass is 10.1. The van der Waals surface area contributed by atoms with Crippen LogP contribution < -0.4 is 0 Å². The van der Waals surface area contributed by atoms with Crippen molar-refractivity contribution in [1.29, 1.82) is 0 Å². The van der Waals surface area contributed by atoms with Crippen molar-refractivity contribution in [2.45, 2.75) is 25.1 Å². The molecule has 1 rings (SSSR count). The minimum absolute atomic E-state index is 0.164. The van der Waals surface area contributed by atoms with E-state index in [1.807, 2.05) is 6.07 Å². The zero-order chi connectivity index (χ0) is 12.0. The third-order valence-electron chi connectivity index (χ3n) is 2.02. The number of ether oxygens (including phenoxy) is 1. The van der Waals surface area contributed by atoms with E-state index in [4.69, 9.17) is 4.74 Å². The molecule has 0 radical (unpaired) electrons. The summed E-state index contributed by atoms with van der Waals surface area (Å²) >= 11 is 6.79. The van der Waals surface area contributed by atoms with E-state index in [0.29, 0.717) is 24.8 Å². The average molecular weight is 351 g/mol. The summed E-state index contributed by atoms with van der Waals surface area (Å²) in [5.74, 6) is -0.164. The Morgan fingerprint density at radius 2 is 2.31 bits per heavy atom. The summed E-state index contributed by atoms with van der Waals surface area (Å²) in [7, 11) is 0. The van der Waals surface area contributed by atoms with Gasteiger partial charge in [0.25, 0.3) is 0 Å². The van der Waals surface area contributed by atoms with E-state index in [1.54, 1.807) is 13.1 Å². The highest BCUT2D eigenvalue weighted by molar-refractivity contribution is 9.10. The summed E-state index contributed by atoms with van der Waals surface area (Å²) in [6, 6.07) is 1.99. The standard InChI is InChI=1S/C11H13Br2NO2/c1-2-16-11(15)4-3-8-5-9(13)10(6-12)14-7-8/h5,7H,2-4,6H2,1H3. The van der Waals surface area contributed by atoms with E-state index < -0.39 is 0 Å². The molecule has 0 aliphatic heterocycles. The topological polar surface area (TPSA) is 39.2 Å². The van der Waals surface area contributed by atoms with Crippen molar-refractivity contribution < 1.29 is 9.53 Å². The Labute approximate surface area is 112 Å². The van der Waals surface area contributed by atoms with Gasteiger partial charge in [-0.1, -0.05) is 15.9 Å². The average Bonchev–Trinajstić information content (AvgIpc) is 2.27. The van der Waals surface area contributed by atoms with Gasteiger partial charge < -0.3 is 4.74 Å². The number of pyridine rings is 1. The molecule has 0 unspecified atom stereocenters. The number of rotatable bonds is 5. The lowest BCUT2D eigenvalue weighted by Crippen LogP contribution is -2.05. The zero-order valence-electron chi connectivity index (χ0n) is 9.00. The van der Waals surface area contributed by atoms with Crippen molar-refractivity contribution in [2.24, 2.45) is 0 Å². The lowest BCUT2D eigenvalue weighted by molar-refractivity contribution is -0.143. The maximum absolute atomic E-state index is 11.2. The number of carbonyl (C=O) groups excluding carboxylic acids is 1. The second-order valence-electron chi connectivity index (χ2n) is 3.21. The molecule has 0 N–H and O–H groups in total. The smallest absolute Gasteiger partial charge is 0.306 e. The van der Waals surface area contributed by atoms with Crippen LogP contribution in [0.25, 0.3) is 0 Å². The Bertz CT molecular complexity index is 369. The van der Waals surface area contributed by atoms with Crippen LogP contribution in [0.1, 0.15) is 24.6 Å². The fraction of sp³-hybridized carbons (Fsp3) is 0.455. The minimum atomic E-state index is -0.164. The summed E-state index contributed by atoms with van der Waals surface area (Å²) in [5.41, 5.74) is 1.99. The van der Waals surface area contributed by atoms with Crippen LogP contribution in [0.5, 0.6) is 0 Å². The zero-order valence-corrected chi connectivity index (χ0v) is 12.2. The minimum Gasteiger partial charge on any atom is -0.466 e. The highest BCUT2D eigenvalue weighted by Crippen LogP contribution is 2.19. The molecule has 1 heterocycles. The van der Waals surface area contributed by atoms with Crippen molar-refractivity contribution in [2.75, 3.05) is 6.61 Å². The number of halogens is 2. The van der Waals surface area contributed by atoms with E-state index in [2.05, 4.69) is 36.8 Å². The first-order valence-corrected chi connectivity index (χ1v) is 6.93. The highest BCUT2D eigenvalue weighted by Gasteiger charge is 2.05. The number of aromatic nitrogens is 1. The van der Waals surface area contributed by atoms with Crippen LogP contribution >= 0.6 is 31.9 Å². The van der Waals surface area contributed by atoms with Gasteiger partial charge in [-0.25, -0.2) is 0 Å². The van der Waals surface area contributed by atoms with Crippen molar-refractivity contribution in [1.82, 2.24) is 4.98 Å². The van der Waals surface area contributed by atoms with E-state index >= 15 is 0 Å². The van der Waals surface area contributed by atoms with Gasteiger partial charge in [-0.3, -0.25) is 9.78 Å². The van der Waals surface area contributed by atoms with Gasteiger partial charge in [0.1, 0.15) is 0 Å². The molecule has 88 valence electrons. The fourth-order valence-electron chi connectivity index (χ4n) is 1.22. The second-order valence-corrected chi connectivity index (χ2v) is 4.63. The van der Waals surface area contributed by atoms with Crippen LogP contribution in [0.3, 0.4) is 0 Å². The van der Waals surface area contributed by atoms with Crippen LogP contribution in [-0.4, -0.2) is 17.6 Å². The van der Waals surface area contributed by atoms with E-state index in [1.165, 1.54) is 0 Å². The van der Waals surface area contributed by atoms with Crippen LogP contribution in [-0.2, 0) is 21.3 Å². The molecular formula is C11H13Br2NO2.